The molecule has 0 saturated carbocycles. The summed E-state index contributed by atoms with van der Waals surface area (Å²) in [5, 5.41) is 6.26. The Morgan fingerprint density at radius 3 is 3.04 bits per heavy atom. The molecule has 0 aliphatic carbocycles. The molecule has 138 valence electrons. The summed E-state index contributed by atoms with van der Waals surface area (Å²) in [6.45, 7) is 0.174. The number of thiophene rings is 1. The number of hydrogen-bond donors (Lipinski definition) is 1. The highest BCUT2D eigenvalue weighted by molar-refractivity contribution is 8.00. The zero-order chi connectivity index (χ0) is 18.8. The first-order chi connectivity index (χ1) is 13.2. The second-order valence-electron chi connectivity index (χ2n) is 5.80. The number of benzene rings is 1. The van der Waals surface area contributed by atoms with Crippen LogP contribution < -0.4 is 15.0 Å². The molecule has 1 aliphatic rings. The van der Waals surface area contributed by atoms with Gasteiger partial charge in [0.25, 0.3) is 5.91 Å². The molecule has 0 fully saturated rings. The number of ether oxygens (including phenoxy) is 1. The van der Waals surface area contributed by atoms with Gasteiger partial charge in [-0.05, 0) is 23.6 Å². The number of aromatic nitrogens is 2. The lowest BCUT2D eigenvalue weighted by atomic mass is 10.2. The number of anilines is 1. The van der Waals surface area contributed by atoms with E-state index in [1.807, 2.05) is 29.6 Å². The highest BCUT2D eigenvalue weighted by Gasteiger charge is 2.33. The number of fused-ring (bicyclic) bond motifs is 2. The maximum atomic E-state index is 12.9. The van der Waals surface area contributed by atoms with Gasteiger partial charge in [-0.1, -0.05) is 23.9 Å². The summed E-state index contributed by atoms with van der Waals surface area (Å²) in [6.07, 6.45) is 0.776. The van der Waals surface area contributed by atoms with Crippen molar-refractivity contribution >= 4 is 50.8 Å². The average molecular weight is 400 g/mol. The summed E-state index contributed by atoms with van der Waals surface area (Å²) in [5.74, 6) is 0.367. The van der Waals surface area contributed by atoms with E-state index in [1.165, 1.54) is 29.4 Å². The Morgan fingerprint density at radius 1 is 1.33 bits per heavy atom. The van der Waals surface area contributed by atoms with Crippen LogP contribution in [0.15, 0.2) is 47.1 Å². The number of likely N-dealkylation sites (N-methyl/N-ethyl adjacent to an activating group) is 1. The topological polar surface area (TPSA) is 84.4 Å². The van der Waals surface area contributed by atoms with E-state index in [9.17, 15) is 9.59 Å². The number of para-hydroxylation sites is 2. The van der Waals surface area contributed by atoms with Crippen LogP contribution in [0.5, 0.6) is 5.75 Å². The third kappa shape index (κ3) is 3.47. The molecule has 1 N–H and O–H groups in total. The fourth-order valence-electron chi connectivity index (χ4n) is 2.86. The van der Waals surface area contributed by atoms with Crippen LogP contribution in [0.3, 0.4) is 0 Å². The van der Waals surface area contributed by atoms with Gasteiger partial charge in [0.15, 0.2) is 6.10 Å². The predicted octanol–water partition coefficient (Wildman–Crippen LogP) is 2.32. The van der Waals surface area contributed by atoms with Crippen LogP contribution in [0, 0.1) is 0 Å². The molecular weight excluding hydrogens is 384 g/mol. The number of nitrogens with zero attached hydrogens (tertiary/aromatic N) is 3. The molecule has 7 nitrogen and oxygen atoms in total. The van der Waals surface area contributed by atoms with Crippen molar-refractivity contribution in [3.63, 3.8) is 0 Å². The summed E-state index contributed by atoms with van der Waals surface area (Å²) in [5.41, 5.74) is 0.673. The van der Waals surface area contributed by atoms with Crippen molar-refractivity contribution in [2.24, 2.45) is 0 Å². The summed E-state index contributed by atoms with van der Waals surface area (Å²) < 4.78 is 5.74. The molecule has 0 bridgehead atoms. The number of rotatable bonds is 4. The van der Waals surface area contributed by atoms with Crippen molar-refractivity contribution in [1.29, 1.82) is 0 Å². The Labute approximate surface area is 163 Å². The molecule has 1 atom stereocenters. The van der Waals surface area contributed by atoms with Crippen LogP contribution in [0.2, 0.25) is 0 Å². The van der Waals surface area contributed by atoms with E-state index < -0.39 is 6.10 Å². The van der Waals surface area contributed by atoms with E-state index in [2.05, 4.69) is 15.3 Å². The second-order valence-corrected chi connectivity index (χ2v) is 7.66. The highest BCUT2D eigenvalue weighted by atomic mass is 32.2. The van der Waals surface area contributed by atoms with Gasteiger partial charge >= 0.3 is 0 Å². The standard InChI is InChI=1S/C18H16N4O3S2/c1-19-16(24)14-8-22(12-4-2-3-5-13(12)25-14)15(23)9-27-18-11-6-7-26-17(11)20-10-21-18/h2-7,10,14H,8-9H2,1H3,(H,19,24)/t14-/m0/s1. The summed E-state index contributed by atoms with van der Waals surface area (Å²) in [7, 11) is 1.55. The SMILES string of the molecule is CNC(=O)[C@@H]1CN(C(=O)CSc2ncnc3sccc23)c2ccccc2O1. The zero-order valence-corrected chi connectivity index (χ0v) is 16.0. The van der Waals surface area contributed by atoms with Crippen LogP contribution in [0.1, 0.15) is 0 Å². The number of hydrogen-bond acceptors (Lipinski definition) is 7. The second kappa shape index (κ2) is 7.53. The van der Waals surface area contributed by atoms with Crippen LogP contribution in [0.4, 0.5) is 5.69 Å². The van der Waals surface area contributed by atoms with Gasteiger partial charge in [-0.2, -0.15) is 0 Å². The van der Waals surface area contributed by atoms with Gasteiger partial charge in [0.2, 0.25) is 5.91 Å². The third-order valence-electron chi connectivity index (χ3n) is 4.17. The zero-order valence-electron chi connectivity index (χ0n) is 14.4. The molecule has 9 heteroatoms. The number of amides is 2. The number of carbonyl (C=O) groups excluding carboxylic acids is 2. The molecule has 0 saturated heterocycles. The molecule has 27 heavy (non-hydrogen) atoms. The van der Waals surface area contributed by atoms with E-state index in [0.29, 0.717) is 11.4 Å². The van der Waals surface area contributed by atoms with Crippen molar-refractivity contribution < 1.29 is 14.3 Å². The minimum absolute atomic E-state index is 0.105. The Morgan fingerprint density at radius 2 is 2.19 bits per heavy atom. The summed E-state index contributed by atoms with van der Waals surface area (Å²) in [4.78, 5) is 36.0. The maximum Gasteiger partial charge on any atom is 0.262 e. The van der Waals surface area contributed by atoms with E-state index in [0.717, 1.165) is 15.2 Å². The number of thioether (sulfide) groups is 1. The predicted molar refractivity (Wildman–Crippen MR) is 105 cm³/mol. The Hall–Kier alpha value is -2.65. The minimum atomic E-state index is -0.735. The number of carbonyl (C=O) groups is 2. The van der Waals surface area contributed by atoms with Gasteiger partial charge in [0.1, 0.15) is 21.9 Å². The van der Waals surface area contributed by atoms with E-state index in [4.69, 9.17) is 4.74 Å². The fraction of sp³-hybridized carbons (Fsp3) is 0.222. The van der Waals surface area contributed by atoms with E-state index >= 15 is 0 Å². The Balaban J connectivity index is 1.55. The van der Waals surface area contributed by atoms with Crippen molar-refractivity contribution in [2.45, 2.75) is 11.1 Å². The van der Waals surface area contributed by atoms with Gasteiger partial charge < -0.3 is 15.0 Å². The summed E-state index contributed by atoms with van der Waals surface area (Å²) in [6, 6.07) is 9.20. The average Bonchev–Trinajstić information content (AvgIpc) is 3.20. The molecule has 4 rings (SSSR count). The lowest BCUT2D eigenvalue weighted by Crippen LogP contribution is -2.50. The first kappa shape index (κ1) is 17.7. The number of nitrogens with one attached hydrogen (secondary N) is 1. The van der Waals surface area contributed by atoms with Crippen LogP contribution in [-0.2, 0) is 9.59 Å². The van der Waals surface area contributed by atoms with Gasteiger partial charge in [-0.25, -0.2) is 9.97 Å². The van der Waals surface area contributed by atoms with Crippen molar-refractivity contribution in [2.75, 3.05) is 24.2 Å². The molecule has 2 amide bonds. The molecule has 1 aliphatic heterocycles. The fourth-order valence-corrected chi connectivity index (χ4v) is 4.51. The molecule has 0 spiro atoms. The van der Waals surface area contributed by atoms with Crippen LogP contribution in [0.25, 0.3) is 10.2 Å². The molecule has 3 heterocycles. The van der Waals surface area contributed by atoms with Crippen molar-refractivity contribution in [3.05, 3.63) is 42.0 Å². The Kier molecular flexibility index (Phi) is 4.95. The van der Waals surface area contributed by atoms with Crippen molar-refractivity contribution in [3.8, 4) is 5.75 Å². The molecule has 0 unspecified atom stereocenters. The first-order valence-corrected chi connectivity index (χ1v) is 10.1. The van der Waals surface area contributed by atoms with Gasteiger partial charge in [-0.3, -0.25) is 9.59 Å². The maximum absolute atomic E-state index is 12.9. The molecule has 3 aromatic rings. The molecule has 2 aromatic heterocycles. The van der Waals surface area contributed by atoms with Gasteiger partial charge in [-0.15, -0.1) is 11.3 Å². The van der Waals surface area contributed by atoms with Crippen molar-refractivity contribution in [1.82, 2.24) is 15.3 Å². The minimum Gasteiger partial charge on any atom is -0.477 e. The van der Waals surface area contributed by atoms with Gasteiger partial charge in [0.05, 0.1) is 18.0 Å². The molecular formula is C18H16N4O3S2. The monoisotopic (exact) mass is 400 g/mol. The lowest BCUT2D eigenvalue weighted by Gasteiger charge is -2.34. The first-order valence-electron chi connectivity index (χ1n) is 8.26. The highest BCUT2D eigenvalue weighted by Crippen LogP contribution is 2.34. The van der Waals surface area contributed by atoms with E-state index in [1.54, 1.807) is 18.0 Å². The quantitative estimate of drug-likeness (QED) is 0.534. The Bertz CT molecular complexity index is 1010. The lowest BCUT2D eigenvalue weighted by molar-refractivity contribution is -0.127. The normalized spacial score (nSPS) is 15.9. The van der Waals surface area contributed by atoms with Crippen LogP contribution >= 0.6 is 23.1 Å². The van der Waals surface area contributed by atoms with Gasteiger partial charge in [0, 0.05) is 12.4 Å². The molecule has 0 radical (unpaired) electrons. The molecule has 1 aromatic carbocycles. The van der Waals surface area contributed by atoms with E-state index in [-0.39, 0.29) is 24.1 Å². The summed E-state index contributed by atoms with van der Waals surface area (Å²) >= 11 is 2.91. The van der Waals surface area contributed by atoms with Crippen LogP contribution in [-0.4, -0.2) is 47.2 Å². The third-order valence-corrected chi connectivity index (χ3v) is 5.98. The largest absolute Gasteiger partial charge is 0.477 e. The smallest absolute Gasteiger partial charge is 0.262 e.